The van der Waals surface area contributed by atoms with Gasteiger partial charge in [-0.1, -0.05) is 0 Å². The zero-order valence-electron chi connectivity index (χ0n) is 9.89. The molecular formula is C9H23N2Si2+. The topological polar surface area (TPSA) is 6.25 Å². The maximum Gasteiger partial charge on any atom is 0.251 e. The van der Waals surface area contributed by atoms with Crippen molar-refractivity contribution in [1.29, 1.82) is 0 Å². The van der Waals surface area contributed by atoms with Gasteiger partial charge in [-0.25, -0.2) is 0 Å². The predicted molar refractivity (Wildman–Crippen MR) is 64.6 cm³/mol. The van der Waals surface area contributed by atoms with Crippen LogP contribution in [0.1, 0.15) is 0 Å². The first-order chi connectivity index (χ1) is 5.71. The molecule has 1 aliphatic heterocycles. The Labute approximate surface area is 84.4 Å². The van der Waals surface area contributed by atoms with Gasteiger partial charge in [0.05, 0.1) is 0 Å². The van der Waals surface area contributed by atoms with E-state index in [1.54, 1.807) is 0 Å². The van der Waals surface area contributed by atoms with E-state index in [1.165, 1.54) is 13.1 Å². The molecule has 1 rings (SSSR count). The van der Waals surface area contributed by atoms with E-state index in [2.05, 4.69) is 54.4 Å². The molecular weight excluding hydrogens is 192 g/mol. The third-order valence-electron chi connectivity index (χ3n) is 2.58. The zero-order valence-corrected chi connectivity index (χ0v) is 11.9. The van der Waals surface area contributed by atoms with Gasteiger partial charge in [0.2, 0.25) is 6.34 Å². The third-order valence-corrected chi connectivity index (χ3v) is 6.71. The second-order valence-corrected chi connectivity index (χ2v) is 15.7. The molecule has 0 saturated carbocycles. The van der Waals surface area contributed by atoms with Crippen LogP contribution >= 0.6 is 0 Å². The van der Waals surface area contributed by atoms with Crippen LogP contribution in [0.5, 0.6) is 0 Å². The van der Waals surface area contributed by atoms with Gasteiger partial charge in [-0.15, -0.1) is 0 Å². The normalized spacial score (nSPS) is 19.2. The van der Waals surface area contributed by atoms with E-state index in [4.69, 9.17) is 0 Å². The largest absolute Gasteiger partial charge is 0.315 e. The molecule has 0 N–H and O–H groups in total. The highest BCUT2D eigenvalue weighted by Gasteiger charge is 2.36. The quantitative estimate of drug-likeness (QED) is 0.639. The third kappa shape index (κ3) is 2.67. The van der Waals surface area contributed by atoms with Crippen LogP contribution in [0.2, 0.25) is 39.3 Å². The summed E-state index contributed by atoms with van der Waals surface area (Å²) in [6.45, 7) is 17.0. The summed E-state index contributed by atoms with van der Waals surface area (Å²) in [6.07, 6.45) is 2.40. The molecule has 0 atom stereocenters. The molecule has 0 radical (unpaired) electrons. The van der Waals surface area contributed by atoms with E-state index < -0.39 is 16.5 Å². The first-order valence-electron chi connectivity index (χ1n) is 5.10. The van der Waals surface area contributed by atoms with E-state index in [9.17, 15) is 0 Å². The summed E-state index contributed by atoms with van der Waals surface area (Å²) in [5.74, 6) is 0. The van der Waals surface area contributed by atoms with Gasteiger partial charge in [-0.2, -0.15) is 0 Å². The van der Waals surface area contributed by atoms with Crippen molar-refractivity contribution in [2.75, 3.05) is 13.1 Å². The summed E-state index contributed by atoms with van der Waals surface area (Å²) >= 11 is 0. The molecule has 1 heterocycles. The molecule has 0 unspecified atom stereocenters. The molecule has 0 bridgehead atoms. The van der Waals surface area contributed by atoms with Crippen molar-refractivity contribution in [1.82, 2.24) is 4.57 Å². The van der Waals surface area contributed by atoms with Gasteiger partial charge in [0.25, 0.3) is 16.5 Å². The van der Waals surface area contributed by atoms with Gasteiger partial charge in [-0.05, 0) is 39.3 Å². The highest BCUT2D eigenvalue weighted by Crippen LogP contribution is 2.13. The van der Waals surface area contributed by atoms with Crippen LogP contribution < -0.4 is 0 Å². The maximum absolute atomic E-state index is 2.59. The Balaban J connectivity index is 2.76. The van der Waals surface area contributed by atoms with Gasteiger partial charge in [0.1, 0.15) is 13.1 Å². The highest BCUT2D eigenvalue weighted by molar-refractivity contribution is 6.75. The summed E-state index contributed by atoms with van der Waals surface area (Å²) in [5, 5.41) is 0. The first-order valence-corrected chi connectivity index (χ1v) is 12.0. The van der Waals surface area contributed by atoms with Crippen molar-refractivity contribution in [3.8, 4) is 0 Å². The van der Waals surface area contributed by atoms with Crippen molar-refractivity contribution in [3.63, 3.8) is 0 Å². The highest BCUT2D eigenvalue weighted by atomic mass is 28.3. The van der Waals surface area contributed by atoms with Gasteiger partial charge < -0.3 is 8.81 Å². The lowest BCUT2D eigenvalue weighted by molar-refractivity contribution is -0.381. The Morgan fingerprint density at radius 1 is 1.08 bits per heavy atom. The first kappa shape index (κ1) is 11.0. The molecule has 13 heavy (non-hydrogen) atoms. The molecule has 0 fully saturated rings. The number of hydrogen-bond acceptors (Lipinski definition) is 1. The van der Waals surface area contributed by atoms with Crippen LogP contribution in [0, 0.1) is 0 Å². The molecule has 4 heteroatoms. The Morgan fingerprint density at radius 3 is 1.85 bits per heavy atom. The van der Waals surface area contributed by atoms with Gasteiger partial charge in [0, 0.05) is 0 Å². The fourth-order valence-corrected chi connectivity index (χ4v) is 4.15. The summed E-state index contributed by atoms with van der Waals surface area (Å²) in [5.41, 5.74) is 0. The molecule has 0 saturated heterocycles. The van der Waals surface area contributed by atoms with Crippen LogP contribution in [0.15, 0.2) is 0 Å². The second-order valence-electron chi connectivity index (χ2n) is 5.84. The monoisotopic (exact) mass is 215 g/mol. The average Bonchev–Trinajstić information content (AvgIpc) is 2.28. The fraction of sp³-hybridized carbons (Fsp3) is 0.889. The van der Waals surface area contributed by atoms with Crippen molar-refractivity contribution < 1.29 is 4.24 Å². The van der Waals surface area contributed by atoms with Crippen LogP contribution in [0.3, 0.4) is 0 Å². The molecule has 0 aromatic rings. The van der Waals surface area contributed by atoms with Crippen molar-refractivity contribution in [3.05, 3.63) is 0 Å². The maximum atomic E-state index is 2.59. The standard InChI is InChI=1S/C9H23N2Si2/c1-12(2,3)10-7-8-11(9-10)13(4,5)6/h9H,7-8H2,1-6H3/q+1. The number of nitrogens with zero attached hydrogens (tertiary/aromatic N) is 2. The van der Waals surface area contributed by atoms with Gasteiger partial charge in [0.15, 0.2) is 0 Å². The Kier molecular flexibility index (Phi) is 2.74. The van der Waals surface area contributed by atoms with Crippen molar-refractivity contribution in [2.24, 2.45) is 0 Å². The summed E-state index contributed by atoms with van der Waals surface area (Å²) < 4.78 is 5.18. The molecule has 0 aromatic heterocycles. The molecule has 1 aliphatic rings. The molecule has 0 spiro atoms. The fourth-order valence-electron chi connectivity index (χ4n) is 1.52. The Morgan fingerprint density at radius 2 is 1.62 bits per heavy atom. The van der Waals surface area contributed by atoms with Gasteiger partial charge >= 0.3 is 0 Å². The SMILES string of the molecule is C[Si](C)(C)N1C=[N+]([Si](C)(C)C)CC1. The van der Waals surface area contributed by atoms with Crippen molar-refractivity contribution in [2.45, 2.75) is 39.3 Å². The zero-order chi connectivity index (χ0) is 10.3. The lowest BCUT2D eigenvalue weighted by Crippen LogP contribution is -2.44. The minimum absolute atomic E-state index is 1.09. The number of hydrogen-bond donors (Lipinski definition) is 0. The molecule has 76 valence electrons. The molecule has 0 amide bonds. The summed E-state index contributed by atoms with van der Waals surface area (Å²) in [4.78, 5) is 0. The number of rotatable bonds is 2. The van der Waals surface area contributed by atoms with Crippen LogP contribution in [0.4, 0.5) is 0 Å². The van der Waals surface area contributed by atoms with E-state index >= 15 is 0 Å². The second kappa shape index (κ2) is 3.24. The van der Waals surface area contributed by atoms with E-state index in [0.717, 1.165) is 0 Å². The minimum atomic E-state index is -1.09. The average molecular weight is 215 g/mol. The van der Waals surface area contributed by atoms with Crippen molar-refractivity contribution >= 4 is 22.8 Å². The minimum Gasteiger partial charge on any atom is -0.315 e. The molecule has 2 nitrogen and oxygen atoms in total. The lowest BCUT2D eigenvalue weighted by Gasteiger charge is -2.20. The van der Waals surface area contributed by atoms with E-state index in [1.807, 2.05) is 0 Å². The summed E-state index contributed by atoms with van der Waals surface area (Å²) in [6, 6.07) is 0. The molecule has 0 aromatic carbocycles. The molecule has 0 aliphatic carbocycles. The van der Waals surface area contributed by atoms with Crippen LogP contribution in [-0.2, 0) is 0 Å². The lowest BCUT2D eigenvalue weighted by atomic mass is 10.7. The Hall–Kier alpha value is -0.0962. The van der Waals surface area contributed by atoms with Crippen LogP contribution in [0.25, 0.3) is 0 Å². The predicted octanol–water partition coefficient (Wildman–Crippen LogP) is 2.01. The van der Waals surface area contributed by atoms with E-state index in [0.29, 0.717) is 0 Å². The summed E-state index contributed by atoms with van der Waals surface area (Å²) in [7, 11) is -2.17. The van der Waals surface area contributed by atoms with Crippen LogP contribution in [-0.4, -0.2) is 44.7 Å². The smallest absolute Gasteiger partial charge is 0.251 e. The Bertz CT molecular complexity index is 223. The van der Waals surface area contributed by atoms with Gasteiger partial charge in [-0.3, -0.25) is 0 Å². The van der Waals surface area contributed by atoms with E-state index in [-0.39, 0.29) is 0 Å².